The van der Waals surface area contributed by atoms with Gasteiger partial charge in [-0.3, -0.25) is 10.2 Å². The van der Waals surface area contributed by atoms with Crippen molar-refractivity contribution in [2.75, 3.05) is 0 Å². The van der Waals surface area contributed by atoms with E-state index in [9.17, 15) is 4.79 Å². The van der Waals surface area contributed by atoms with Crippen molar-refractivity contribution in [2.24, 2.45) is 11.8 Å². The molecule has 3 N–H and O–H groups in total. The van der Waals surface area contributed by atoms with Crippen LogP contribution in [0.25, 0.3) is 0 Å². The van der Waals surface area contributed by atoms with E-state index in [2.05, 4.69) is 24.3 Å². The molecule has 90 valence electrons. The fourth-order valence-corrected chi connectivity index (χ4v) is 2.77. The molecule has 0 fully saturated rings. The maximum Gasteiger partial charge on any atom is 0.277 e. The molecule has 1 amide bonds. The van der Waals surface area contributed by atoms with Crippen molar-refractivity contribution in [2.45, 2.75) is 40.0 Å². The van der Waals surface area contributed by atoms with E-state index in [1.54, 1.807) is 0 Å². The van der Waals surface area contributed by atoms with Crippen molar-refractivity contribution in [3.05, 3.63) is 15.6 Å². The molecule has 0 atom stereocenters. The Hall–Kier alpha value is -0.940. The number of hydrazine groups is 1. The minimum absolute atomic E-state index is 0.240. The van der Waals surface area contributed by atoms with Crippen molar-refractivity contribution in [1.82, 2.24) is 10.4 Å². The van der Waals surface area contributed by atoms with E-state index in [-0.39, 0.29) is 11.8 Å². The molecule has 0 bridgehead atoms. The monoisotopic (exact) mass is 241 g/mol. The third-order valence-corrected chi connectivity index (χ3v) is 3.26. The zero-order valence-electron chi connectivity index (χ0n) is 10.2. The summed E-state index contributed by atoms with van der Waals surface area (Å²) >= 11 is 1.45. The fourth-order valence-electron chi connectivity index (χ4n) is 1.43. The van der Waals surface area contributed by atoms with Crippen LogP contribution in [-0.4, -0.2) is 10.9 Å². The highest BCUT2D eigenvalue weighted by Crippen LogP contribution is 2.26. The Kier molecular flexibility index (Phi) is 4.44. The van der Waals surface area contributed by atoms with Crippen LogP contribution < -0.4 is 11.3 Å². The summed E-state index contributed by atoms with van der Waals surface area (Å²) in [6.45, 7) is 8.33. The smallest absolute Gasteiger partial charge is 0.277 e. The van der Waals surface area contributed by atoms with Crippen molar-refractivity contribution >= 4 is 17.2 Å². The van der Waals surface area contributed by atoms with E-state index >= 15 is 0 Å². The first kappa shape index (κ1) is 13.1. The number of nitrogens with two attached hydrogens (primary N) is 1. The van der Waals surface area contributed by atoms with Gasteiger partial charge in [0.05, 0.1) is 10.7 Å². The van der Waals surface area contributed by atoms with Crippen molar-refractivity contribution < 1.29 is 4.79 Å². The zero-order chi connectivity index (χ0) is 12.3. The van der Waals surface area contributed by atoms with Gasteiger partial charge in [-0.1, -0.05) is 27.7 Å². The Morgan fingerprint density at radius 3 is 2.50 bits per heavy atom. The number of nitrogens with one attached hydrogen (secondary N) is 1. The lowest BCUT2D eigenvalue weighted by Crippen LogP contribution is -2.30. The van der Waals surface area contributed by atoms with Crippen LogP contribution >= 0.6 is 11.3 Å². The normalized spacial score (nSPS) is 11.2. The van der Waals surface area contributed by atoms with Gasteiger partial charge in [0.15, 0.2) is 0 Å². The highest BCUT2D eigenvalue weighted by molar-refractivity contribution is 7.13. The van der Waals surface area contributed by atoms with Crippen molar-refractivity contribution in [3.63, 3.8) is 0 Å². The number of nitrogen functional groups attached to an aromatic ring is 1. The second kappa shape index (κ2) is 5.41. The number of amides is 1. The molecule has 1 rings (SSSR count). The summed E-state index contributed by atoms with van der Waals surface area (Å²) in [6, 6.07) is 0. The summed E-state index contributed by atoms with van der Waals surface area (Å²) in [4.78, 5) is 16.7. The van der Waals surface area contributed by atoms with Crippen LogP contribution in [0.3, 0.4) is 0 Å². The first-order valence-electron chi connectivity index (χ1n) is 5.46. The summed E-state index contributed by atoms with van der Waals surface area (Å²) in [6.07, 6.45) is 0.905. The molecule has 0 saturated carbocycles. The van der Waals surface area contributed by atoms with Crippen LogP contribution in [0.2, 0.25) is 0 Å². The van der Waals surface area contributed by atoms with Crippen LogP contribution in [0, 0.1) is 5.92 Å². The molecule has 0 aliphatic rings. The van der Waals surface area contributed by atoms with Crippen LogP contribution in [0.4, 0.5) is 0 Å². The Balaban J connectivity index is 3.05. The van der Waals surface area contributed by atoms with Gasteiger partial charge in [0.1, 0.15) is 4.88 Å². The van der Waals surface area contributed by atoms with Crippen LogP contribution in [0.5, 0.6) is 0 Å². The number of rotatable bonds is 4. The van der Waals surface area contributed by atoms with Gasteiger partial charge in [-0.25, -0.2) is 10.8 Å². The number of hydrogen-bond donors (Lipinski definition) is 2. The van der Waals surface area contributed by atoms with Gasteiger partial charge in [0, 0.05) is 6.42 Å². The fraction of sp³-hybridized carbons (Fsp3) is 0.636. The summed E-state index contributed by atoms with van der Waals surface area (Å²) < 4.78 is 0. The largest absolute Gasteiger partial charge is 0.289 e. The average molecular weight is 241 g/mol. The predicted octanol–water partition coefficient (Wildman–Crippen LogP) is 2.07. The Morgan fingerprint density at radius 1 is 1.44 bits per heavy atom. The van der Waals surface area contributed by atoms with Crippen molar-refractivity contribution in [3.8, 4) is 0 Å². The number of carbonyl (C=O) groups excluding carboxylic acids is 1. The topological polar surface area (TPSA) is 68.0 Å². The molecule has 0 unspecified atom stereocenters. The molecule has 0 saturated heterocycles. The van der Waals surface area contributed by atoms with Gasteiger partial charge < -0.3 is 0 Å². The molecule has 1 heterocycles. The van der Waals surface area contributed by atoms with Crippen LogP contribution in [0.15, 0.2) is 0 Å². The molecular weight excluding hydrogens is 222 g/mol. The van der Waals surface area contributed by atoms with E-state index in [1.165, 1.54) is 11.3 Å². The quantitative estimate of drug-likeness (QED) is 0.482. The summed E-state index contributed by atoms with van der Waals surface area (Å²) in [5.41, 5.74) is 3.03. The van der Waals surface area contributed by atoms with Gasteiger partial charge in [-0.15, -0.1) is 11.3 Å². The van der Waals surface area contributed by atoms with E-state index in [0.29, 0.717) is 10.8 Å². The lowest BCUT2D eigenvalue weighted by Gasteiger charge is -2.03. The highest BCUT2D eigenvalue weighted by atomic mass is 32.1. The highest BCUT2D eigenvalue weighted by Gasteiger charge is 2.19. The van der Waals surface area contributed by atoms with Gasteiger partial charge in [-0.05, 0) is 11.8 Å². The summed E-state index contributed by atoms with van der Waals surface area (Å²) in [7, 11) is 0. The standard InChI is InChI=1S/C11H19N3OS/c1-6(2)5-8-13-9(7(3)4)10(16-8)11(15)14-12/h6-7H,5,12H2,1-4H3,(H,14,15). The summed E-state index contributed by atoms with van der Waals surface area (Å²) in [5.74, 6) is 5.71. The molecule has 0 radical (unpaired) electrons. The summed E-state index contributed by atoms with van der Waals surface area (Å²) in [5, 5.41) is 1.01. The minimum atomic E-state index is -0.240. The maximum absolute atomic E-state index is 11.6. The van der Waals surface area contributed by atoms with E-state index in [0.717, 1.165) is 17.1 Å². The van der Waals surface area contributed by atoms with E-state index < -0.39 is 0 Å². The van der Waals surface area contributed by atoms with Crippen LogP contribution in [0.1, 0.15) is 54.0 Å². The predicted molar refractivity (Wildman–Crippen MR) is 66.4 cm³/mol. The molecule has 0 aliphatic heterocycles. The number of nitrogens with zero attached hydrogens (tertiary/aromatic N) is 1. The van der Waals surface area contributed by atoms with Crippen molar-refractivity contribution in [1.29, 1.82) is 0 Å². The molecular formula is C11H19N3OS. The molecule has 5 heteroatoms. The maximum atomic E-state index is 11.6. The molecule has 0 spiro atoms. The number of hydrogen-bond acceptors (Lipinski definition) is 4. The Bertz CT molecular complexity index is 371. The Morgan fingerprint density at radius 2 is 2.06 bits per heavy atom. The second-order valence-corrected chi connectivity index (χ2v) is 5.63. The van der Waals surface area contributed by atoms with Crippen LogP contribution in [-0.2, 0) is 6.42 Å². The third kappa shape index (κ3) is 3.02. The third-order valence-electron chi connectivity index (χ3n) is 2.16. The lowest BCUT2D eigenvalue weighted by molar-refractivity contribution is 0.0956. The first-order valence-corrected chi connectivity index (χ1v) is 6.27. The molecule has 1 aromatic heterocycles. The average Bonchev–Trinajstić information content (AvgIpc) is 2.59. The van der Waals surface area contributed by atoms with Gasteiger partial charge in [0.25, 0.3) is 5.91 Å². The number of carbonyl (C=O) groups is 1. The van der Waals surface area contributed by atoms with Gasteiger partial charge >= 0.3 is 0 Å². The molecule has 0 aliphatic carbocycles. The minimum Gasteiger partial charge on any atom is -0.289 e. The molecule has 16 heavy (non-hydrogen) atoms. The Labute approximate surface area is 100 Å². The SMILES string of the molecule is CC(C)Cc1nc(C(C)C)c(C(=O)NN)s1. The molecule has 4 nitrogen and oxygen atoms in total. The second-order valence-electron chi connectivity index (χ2n) is 4.55. The first-order chi connectivity index (χ1) is 7.45. The van der Waals surface area contributed by atoms with Gasteiger partial charge in [0.2, 0.25) is 0 Å². The molecule has 0 aromatic carbocycles. The molecule has 1 aromatic rings. The number of thiazole rings is 1. The van der Waals surface area contributed by atoms with Gasteiger partial charge in [-0.2, -0.15) is 0 Å². The van der Waals surface area contributed by atoms with E-state index in [1.807, 2.05) is 13.8 Å². The zero-order valence-corrected chi connectivity index (χ0v) is 11.0. The lowest BCUT2D eigenvalue weighted by atomic mass is 10.1. The number of aromatic nitrogens is 1. The van der Waals surface area contributed by atoms with E-state index in [4.69, 9.17) is 5.84 Å².